The Morgan fingerprint density at radius 2 is 1.97 bits per heavy atom. The number of fused-ring (bicyclic) bond motifs is 1. The summed E-state index contributed by atoms with van der Waals surface area (Å²) in [5.41, 5.74) is -0.308. The van der Waals surface area contributed by atoms with Crippen LogP contribution in [0.2, 0.25) is 0 Å². The van der Waals surface area contributed by atoms with E-state index in [1.165, 1.54) is 36.5 Å². The number of aromatic nitrogens is 3. The molecule has 1 atom stereocenters. The number of nitrogens with zero attached hydrogens (tertiary/aromatic N) is 3. The summed E-state index contributed by atoms with van der Waals surface area (Å²) in [5.74, 6) is -1.39. The highest BCUT2D eigenvalue weighted by Gasteiger charge is 2.31. The van der Waals surface area contributed by atoms with Gasteiger partial charge in [-0.3, -0.25) is 9.78 Å². The van der Waals surface area contributed by atoms with Crippen LogP contribution in [0.25, 0.3) is 0 Å². The normalized spacial score (nSPS) is 14.7. The zero-order valence-electron chi connectivity index (χ0n) is 15.7. The lowest BCUT2D eigenvalue weighted by Crippen LogP contribution is -2.15. The van der Waals surface area contributed by atoms with Crippen molar-refractivity contribution in [3.63, 3.8) is 0 Å². The number of carbonyl (C=O) groups excluding carboxylic acids is 1. The summed E-state index contributed by atoms with van der Waals surface area (Å²) < 4.78 is 60.2. The lowest BCUT2D eigenvalue weighted by Gasteiger charge is -2.17. The van der Waals surface area contributed by atoms with Crippen LogP contribution in [0.4, 0.5) is 17.6 Å². The number of hydrogen-bond acceptors (Lipinski definition) is 4. The number of benzene rings is 1. The first kappa shape index (κ1) is 20.1. The quantitative estimate of drug-likeness (QED) is 0.447. The molecule has 0 radical (unpaired) electrons. The van der Waals surface area contributed by atoms with Crippen LogP contribution in [-0.2, 0) is 12.7 Å². The first-order valence-electron chi connectivity index (χ1n) is 9.34. The monoisotopic (exact) mass is 419 g/mol. The molecule has 3 aromatic rings. The van der Waals surface area contributed by atoms with Crippen LogP contribution in [0.1, 0.15) is 46.1 Å². The topological polar surface area (TPSA) is 57.0 Å². The number of ether oxygens (including phenoxy) is 1. The molecule has 0 unspecified atom stereocenters. The maximum atomic E-state index is 14.4. The van der Waals surface area contributed by atoms with Gasteiger partial charge in [-0.15, -0.1) is 0 Å². The third-order valence-corrected chi connectivity index (χ3v) is 4.94. The van der Waals surface area contributed by atoms with E-state index in [0.717, 1.165) is 18.6 Å². The predicted octanol–water partition coefficient (Wildman–Crippen LogP) is 4.62. The molecular weight excluding hydrogens is 402 g/mol. The van der Waals surface area contributed by atoms with Crippen molar-refractivity contribution in [3.05, 3.63) is 77.0 Å². The Hall–Kier alpha value is -3.23. The van der Waals surface area contributed by atoms with Gasteiger partial charge >= 0.3 is 6.18 Å². The number of carbonyl (C=O) groups is 1. The van der Waals surface area contributed by atoms with Gasteiger partial charge in [0.05, 0.1) is 17.9 Å². The Bertz CT molecular complexity index is 1040. The minimum atomic E-state index is -4.49. The standard InChI is InChI=1S/C21H17F4N3O2/c22-16-3-1-8-26-20(16)15(13-4-6-14(7-5-13)21(23,24)25)11-18(29)17-12-19-28(27-17)9-2-10-30-19/h1,3-8,12,15H,2,9-11H2/t15-/m0/s1. The summed E-state index contributed by atoms with van der Waals surface area (Å²) >= 11 is 0. The fourth-order valence-corrected chi connectivity index (χ4v) is 3.42. The SMILES string of the molecule is O=C(C[C@@H](c1ccc(C(F)(F)F)cc1)c1ncccc1F)c1cc2n(n1)CCCO2. The van der Waals surface area contributed by atoms with Crippen molar-refractivity contribution in [2.45, 2.75) is 31.5 Å². The third kappa shape index (κ3) is 4.05. The van der Waals surface area contributed by atoms with Crippen molar-refractivity contribution in [1.82, 2.24) is 14.8 Å². The Balaban J connectivity index is 1.66. The summed E-state index contributed by atoms with van der Waals surface area (Å²) in [5, 5.41) is 4.24. The highest BCUT2D eigenvalue weighted by Crippen LogP contribution is 2.34. The zero-order valence-corrected chi connectivity index (χ0v) is 15.7. The fraction of sp³-hybridized carbons (Fsp3) is 0.286. The second-order valence-corrected chi connectivity index (χ2v) is 6.96. The van der Waals surface area contributed by atoms with Gasteiger partial charge in [-0.2, -0.15) is 18.3 Å². The van der Waals surface area contributed by atoms with Crippen molar-refractivity contribution >= 4 is 5.78 Å². The van der Waals surface area contributed by atoms with Gasteiger partial charge in [0, 0.05) is 37.6 Å². The van der Waals surface area contributed by atoms with Gasteiger partial charge in [0.1, 0.15) is 11.5 Å². The summed E-state index contributed by atoms with van der Waals surface area (Å²) in [6.45, 7) is 1.16. The second-order valence-electron chi connectivity index (χ2n) is 6.96. The van der Waals surface area contributed by atoms with Gasteiger partial charge in [-0.25, -0.2) is 9.07 Å². The fourth-order valence-electron chi connectivity index (χ4n) is 3.42. The Labute approximate surface area is 169 Å². The number of halogens is 4. The number of ketones is 1. The van der Waals surface area contributed by atoms with Gasteiger partial charge in [0.2, 0.25) is 5.88 Å². The largest absolute Gasteiger partial charge is 0.478 e. The maximum Gasteiger partial charge on any atom is 0.416 e. The highest BCUT2D eigenvalue weighted by atomic mass is 19.4. The molecule has 4 rings (SSSR count). The molecule has 0 saturated carbocycles. The lowest BCUT2D eigenvalue weighted by molar-refractivity contribution is -0.137. The molecule has 0 fully saturated rings. The van der Waals surface area contributed by atoms with Gasteiger partial charge < -0.3 is 4.74 Å². The van der Waals surface area contributed by atoms with E-state index in [9.17, 15) is 22.4 Å². The first-order chi connectivity index (χ1) is 14.3. The molecule has 2 aromatic heterocycles. The molecule has 0 aliphatic carbocycles. The number of hydrogen-bond donors (Lipinski definition) is 0. The Morgan fingerprint density at radius 3 is 2.63 bits per heavy atom. The van der Waals surface area contributed by atoms with Crippen LogP contribution < -0.4 is 4.74 Å². The highest BCUT2D eigenvalue weighted by molar-refractivity contribution is 5.95. The van der Waals surface area contributed by atoms with E-state index < -0.39 is 23.5 Å². The van der Waals surface area contributed by atoms with Gasteiger partial charge in [0.15, 0.2) is 5.78 Å². The smallest absolute Gasteiger partial charge is 0.416 e. The average Bonchev–Trinajstić information content (AvgIpc) is 3.16. The second kappa shape index (κ2) is 7.89. The lowest BCUT2D eigenvalue weighted by atomic mass is 9.88. The van der Waals surface area contributed by atoms with E-state index in [2.05, 4.69) is 10.1 Å². The van der Waals surface area contributed by atoms with Crippen LogP contribution in [0.15, 0.2) is 48.7 Å². The molecule has 30 heavy (non-hydrogen) atoms. The molecule has 0 amide bonds. The molecule has 1 aliphatic rings. The van der Waals surface area contributed by atoms with Gasteiger partial charge in [-0.05, 0) is 29.8 Å². The van der Waals surface area contributed by atoms with Crippen LogP contribution >= 0.6 is 0 Å². The van der Waals surface area contributed by atoms with Crippen molar-refractivity contribution < 1.29 is 27.1 Å². The van der Waals surface area contributed by atoms with E-state index >= 15 is 0 Å². The number of rotatable bonds is 5. The van der Waals surface area contributed by atoms with Crippen LogP contribution in [0, 0.1) is 5.82 Å². The average molecular weight is 419 g/mol. The molecular formula is C21H17F4N3O2. The number of alkyl halides is 3. The number of aryl methyl sites for hydroxylation is 1. The molecule has 0 spiro atoms. The molecule has 1 aliphatic heterocycles. The number of pyridine rings is 1. The van der Waals surface area contributed by atoms with E-state index in [0.29, 0.717) is 24.6 Å². The van der Waals surface area contributed by atoms with E-state index in [1.54, 1.807) is 4.68 Å². The zero-order chi connectivity index (χ0) is 21.3. The first-order valence-corrected chi connectivity index (χ1v) is 9.34. The summed E-state index contributed by atoms with van der Waals surface area (Å²) in [7, 11) is 0. The molecule has 1 aromatic carbocycles. The van der Waals surface area contributed by atoms with Crippen molar-refractivity contribution in [3.8, 4) is 5.88 Å². The molecule has 5 nitrogen and oxygen atoms in total. The molecule has 3 heterocycles. The van der Waals surface area contributed by atoms with Crippen molar-refractivity contribution in [2.75, 3.05) is 6.61 Å². The minimum Gasteiger partial charge on any atom is -0.478 e. The minimum absolute atomic E-state index is 0.00849. The number of Topliss-reactive ketones (excluding diaryl/α,β-unsaturated/α-hetero) is 1. The molecule has 0 saturated heterocycles. The van der Waals surface area contributed by atoms with Crippen molar-refractivity contribution in [1.29, 1.82) is 0 Å². The van der Waals surface area contributed by atoms with E-state index in [4.69, 9.17) is 4.74 Å². The van der Waals surface area contributed by atoms with Crippen molar-refractivity contribution in [2.24, 2.45) is 0 Å². The molecule has 0 bridgehead atoms. The Kier molecular flexibility index (Phi) is 5.27. The van der Waals surface area contributed by atoms with Gasteiger partial charge in [-0.1, -0.05) is 12.1 Å². The summed E-state index contributed by atoms with van der Waals surface area (Å²) in [4.78, 5) is 16.9. The van der Waals surface area contributed by atoms with Crippen LogP contribution in [0.5, 0.6) is 5.88 Å². The van der Waals surface area contributed by atoms with Gasteiger partial charge in [0.25, 0.3) is 0 Å². The van der Waals surface area contributed by atoms with E-state index in [-0.39, 0.29) is 23.6 Å². The third-order valence-electron chi connectivity index (χ3n) is 4.94. The summed E-state index contributed by atoms with van der Waals surface area (Å²) in [6, 6.07) is 8.46. The van der Waals surface area contributed by atoms with E-state index in [1.807, 2.05) is 0 Å². The molecule has 9 heteroatoms. The Morgan fingerprint density at radius 1 is 1.20 bits per heavy atom. The molecule has 0 N–H and O–H groups in total. The predicted molar refractivity (Wildman–Crippen MR) is 98.8 cm³/mol. The summed E-state index contributed by atoms with van der Waals surface area (Å²) in [6.07, 6.45) is -2.54. The molecule has 156 valence electrons. The van der Waals surface area contributed by atoms with Crippen LogP contribution in [0.3, 0.4) is 0 Å². The maximum absolute atomic E-state index is 14.4. The van der Waals surface area contributed by atoms with Crippen LogP contribution in [-0.4, -0.2) is 27.2 Å².